The fourth-order valence-corrected chi connectivity index (χ4v) is 3.93. The van der Waals surface area contributed by atoms with Crippen LogP contribution in [0.5, 0.6) is 0 Å². The minimum atomic E-state index is -0.665. The third-order valence-electron chi connectivity index (χ3n) is 3.95. The molecule has 2 heterocycles. The molecule has 1 N–H and O–H groups in total. The molecule has 0 radical (unpaired) electrons. The number of β-amino-alcohol motifs (C(OH)–C–C–N with tert-alkyl or cyclic N) is 1. The number of carbonyl (C=O) groups excluding carboxylic acids is 1. The summed E-state index contributed by atoms with van der Waals surface area (Å²) in [5, 5.41) is 11.1. The van der Waals surface area contributed by atoms with Crippen molar-refractivity contribution in [3.63, 3.8) is 0 Å². The van der Waals surface area contributed by atoms with Gasteiger partial charge >= 0.3 is 0 Å². The van der Waals surface area contributed by atoms with Crippen molar-refractivity contribution in [1.82, 2.24) is 4.90 Å². The molecule has 1 fully saturated rings. The zero-order valence-corrected chi connectivity index (χ0v) is 13.0. The molecule has 0 aromatic heterocycles. The van der Waals surface area contributed by atoms with Crippen LogP contribution in [0, 0.1) is 0 Å². The fraction of sp³-hybridized carbons (Fsp3) is 0.500. The van der Waals surface area contributed by atoms with Gasteiger partial charge in [-0.2, -0.15) is 0 Å². The van der Waals surface area contributed by atoms with Crippen LogP contribution in [0.4, 0.5) is 0 Å². The van der Waals surface area contributed by atoms with E-state index in [2.05, 4.69) is 4.99 Å². The van der Waals surface area contributed by atoms with E-state index in [0.29, 0.717) is 18.8 Å². The second kappa shape index (κ2) is 5.81. The highest BCUT2D eigenvalue weighted by atomic mass is 32.2. The molecule has 1 amide bonds. The molecule has 0 bridgehead atoms. The molecule has 2 aliphatic heterocycles. The van der Waals surface area contributed by atoms with Crippen molar-refractivity contribution in [1.29, 1.82) is 0 Å². The minimum Gasteiger partial charge on any atom is -0.386 e. The van der Waals surface area contributed by atoms with Crippen LogP contribution in [-0.4, -0.2) is 51.4 Å². The number of benzene rings is 1. The lowest BCUT2D eigenvalue weighted by Crippen LogP contribution is -2.64. The van der Waals surface area contributed by atoms with Crippen molar-refractivity contribution < 1.29 is 9.90 Å². The van der Waals surface area contributed by atoms with E-state index in [1.807, 2.05) is 37.3 Å². The predicted octanol–water partition coefficient (Wildman–Crippen LogP) is 1.92. The summed E-state index contributed by atoms with van der Waals surface area (Å²) in [6.07, 6.45) is 1.70. The molecule has 0 saturated carbocycles. The molecule has 0 spiro atoms. The number of carbonyl (C=O) groups is 1. The number of aliphatic imine (C=N–C) groups is 1. The summed E-state index contributed by atoms with van der Waals surface area (Å²) in [6, 6.07) is 9.67. The van der Waals surface area contributed by atoms with Crippen LogP contribution in [0.1, 0.15) is 25.3 Å². The molecule has 21 heavy (non-hydrogen) atoms. The second-order valence-electron chi connectivity index (χ2n) is 5.80. The van der Waals surface area contributed by atoms with Crippen LogP contribution in [0.15, 0.2) is 35.3 Å². The Morgan fingerprint density at radius 3 is 2.81 bits per heavy atom. The predicted molar refractivity (Wildman–Crippen MR) is 85.7 cm³/mol. The molecular weight excluding hydrogens is 284 g/mol. The highest BCUT2D eigenvalue weighted by molar-refractivity contribution is 8.14. The summed E-state index contributed by atoms with van der Waals surface area (Å²) in [4.78, 5) is 18.7. The van der Waals surface area contributed by atoms with Crippen LogP contribution in [0.2, 0.25) is 0 Å². The first-order chi connectivity index (χ1) is 10.1. The van der Waals surface area contributed by atoms with Crippen LogP contribution in [0.25, 0.3) is 0 Å². The first-order valence-electron chi connectivity index (χ1n) is 7.38. The molecular formula is C16H20N2O2S. The van der Waals surface area contributed by atoms with Crippen molar-refractivity contribution in [2.75, 3.05) is 18.8 Å². The molecule has 112 valence electrons. The maximum absolute atomic E-state index is 12.4. The lowest BCUT2D eigenvalue weighted by atomic mass is 9.89. The molecule has 0 aliphatic carbocycles. The Morgan fingerprint density at radius 1 is 1.43 bits per heavy atom. The van der Waals surface area contributed by atoms with Gasteiger partial charge < -0.3 is 10.0 Å². The number of likely N-dealkylation sites (tertiary alicyclic amines) is 1. The highest BCUT2D eigenvalue weighted by Gasteiger charge is 2.45. The molecule has 2 aliphatic rings. The van der Waals surface area contributed by atoms with Crippen LogP contribution in [-0.2, 0) is 4.79 Å². The summed E-state index contributed by atoms with van der Waals surface area (Å²) in [7, 11) is 0. The third-order valence-corrected chi connectivity index (χ3v) is 5.05. The second-order valence-corrected chi connectivity index (χ2v) is 6.80. The summed E-state index contributed by atoms with van der Waals surface area (Å²) in [5.74, 6) is 0.750. The summed E-state index contributed by atoms with van der Waals surface area (Å²) in [5.41, 5.74) is 0.409. The van der Waals surface area contributed by atoms with Gasteiger partial charge in [0.05, 0.1) is 23.7 Å². The van der Waals surface area contributed by atoms with Crippen LogP contribution in [0.3, 0.4) is 0 Å². The highest BCUT2D eigenvalue weighted by Crippen LogP contribution is 2.30. The van der Waals surface area contributed by atoms with Crippen molar-refractivity contribution in [2.24, 2.45) is 4.99 Å². The van der Waals surface area contributed by atoms with Gasteiger partial charge in [0.2, 0.25) is 5.91 Å². The Labute approximate surface area is 129 Å². The normalized spacial score (nSPS) is 23.6. The van der Waals surface area contributed by atoms with Gasteiger partial charge in [0.15, 0.2) is 0 Å². The van der Waals surface area contributed by atoms with E-state index < -0.39 is 5.60 Å². The fourth-order valence-electron chi connectivity index (χ4n) is 2.89. The van der Waals surface area contributed by atoms with E-state index in [4.69, 9.17) is 0 Å². The summed E-state index contributed by atoms with van der Waals surface area (Å²) in [6.45, 7) is 2.96. The average Bonchev–Trinajstić information content (AvgIpc) is 2.95. The minimum absolute atomic E-state index is 0.0502. The van der Waals surface area contributed by atoms with Gasteiger partial charge in [0, 0.05) is 11.3 Å². The topological polar surface area (TPSA) is 52.9 Å². The Hall–Kier alpha value is -1.33. The molecule has 1 aromatic rings. The van der Waals surface area contributed by atoms with Crippen LogP contribution >= 0.6 is 11.8 Å². The molecule has 5 heteroatoms. The van der Waals surface area contributed by atoms with E-state index in [0.717, 1.165) is 23.4 Å². The zero-order chi connectivity index (χ0) is 14.9. The van der Waals surface area contributed by atoms with Crippen molar-refractivity contribution >= 4 is 22.7 Å². The van der Waals surface area contributed by atoms with Crippen molar-refractivity contribution in [3.05, 3.63) is 35.9 Å². The van der Waals surface area contributed by atoms with Gasteiger partial charge in [-0.25, -0.2) is 0 Å². The number of rotatable bonds is 4. The zero-order valence-electron chi connectivity index (χ0n) is 12.2. The molecule has 1 saturated heterocycles. The average molecular weight is 304 g/mol. The van der Waals surface area contributed by atoms with E-state index in [9.17, 15) is 9.90 Å². The van der Waals surface area contributed by atoms with Crippen LogP contribution < -0.4 is 0 Å². The van der Waals surface area contributed by atoms with E-state index in [1.54, 1.807) is 16.7 Å². The van der Waals surface area contributed by atoms with Crippen molar-refractivity contribution in [2.45, 2.75) is 31.4 Å². The quantitative estimate of drug-likeness (QED) is 0.924. The first kappa shape index (κ1) is 14.6. The van der Waals surface area contributed by atoms with Gasteiger partial charge in [0.25, 0.3) is 0 Å². The molecule has 1 unspecified atom stereocenters. The summed E-state index contributed by atoms with van der Waals surface area (Å²) < 4.78 is 0. The maximum Gasteiger partial charge on any atom is 0.248 e. The Kier molecular flexibility index (Phi) is 4.04. The Bertz CT molecular complexity index is 553. The number of amides is 1. The summed E-state index contributed by atoms with van der Waals surface area (Å²) >= 11 is 1.63. The number of thioether (sulfide) groups is 1. The molecule has 1 atom stereocenters. The molecule has 4 nitrogen and oxygen atoms in total. The smallest absolute Gasteiger partial charge is 0.248 e. The number of hydrogen-bond acceptors (Lipinski definition) is 4. The van der Waals surface area contributed by atoms with E-state index in [1.165, 1.54) is 0 Å². The molecule has 3 rings (SSSR count). The monoisotopic (exact) mass is 304 g/mol. The van der Waals surface area contributed by atoms with E-state index >= 15 is 0 Å². The number of aliphatic hydroxyl groups is 1. The maximum atomic E-state index is 12.4. The lowest BCUT2D eigenvalue weighted by Gasteiger charge is -2.47. The lowest BCUT2D eigenvalue weighted by molar-refractivity contribution is -0.157. The van der Waals surface area contributed by atoms with Gasteiger partial charge in [0.1, 0.15) is 6.04 Å². The van der Waals surface area contributed by atoms with Gasteiger partial charge in [-0.15, -0.1) is 11.8 Å². The van der Waals surface area contributed by atoms with Crippen molar-refractivity contribution in [3.8, 4) is 0 Å². The van der Waals surface area contributed by atoms with E-state index in [-0.39, 0.29) is 11.9 Å². The largest absolute Gasteiger partial charge is 0.386 e. The van der Waals surface area contributed by atoms with Gasteiger partial charge in [-0.1, -0.05) is 43.7 Å². The molecule has 1 aromatic carbocycles. The van der Waals surface area contributed by atoms with Gasteiger partial charge in [-0.05, 0) is 6.42 Å². The SMILES string of the molecule is CCCC1(O)CN(C(=O)C2CSC(c3ccccc3)=N2)C1. The number of nitrogens with zero attached hydrogens (tertiary/aromatic N) is 2. The Balaban J connectivity index is 1.62. The third kappa shape index (κ3) is 2.99. The number of hydrogen-bond donors (Lipinski definition) is 1. The van der Waals surface area contributed by atoms with Gasteiger partial charge in [-0.3, -0.25) is 9.79 Å². The Morgan fingerprint density at radius 2 is 2.14 bits per heavy atom. The first-order valence-corrected chi connectivity index (χ1v) is 8.37. The standard InChI is InChI=1S/C16H20N2O2S/c1-2-8-16(20)10-18(11-16)15(19)13-9-21-14(17-13)12-6-4-3-5-7-12/h3-7,13,20H,2,8-11H2,1H3.